The first-order valence-electron chi connectivity index (χ1n) is 5.48. The number of hydrogen-bond donors (Lipinski definition) is 1. The predicted molar refractivity (Wildman–Crippen MR) is 71.8 cm³/mol. The Morgan fingerprint density at radius 3 is 2.68 bits per heavy atom. The lowest BCUT2D eigenvalue weighted by atomic mass is 10.2. The maximum absolute atomic E-state index is 13.1. The monoisotopic (exact) mass is 280 g/mol. The molecule has 98 valence electrons. The van der Waals surface area contributed by atoms with Crippen LogP contribution in [0.5, 0.6) is 0 Å². The standard InChI is InChI=1S/C13H10ClFN2O2/c14-10-5-11(15)7-12(6-10)16-8-9-3-1-2-4-13(9)17(18)19/h1-7,16H,8H2. The normalized spacial score (nSPS) is 10.2. The summed E-state index contributed by atoms with van der Waals surface area (Å²) >= 11 is 5.73. The van der Waals surface area contributed by atoms with Gasteiger partial charge in [-0.2, -0.15) is 0 Å². The summed E-state index contributed by atoms with van der Waals surface area (Å²) in [5.41, 5.74) is 1.02. The van der Waals surface area contributed by atoms with Gasteiger partial charge < -0.3 is 5.32 Å². The van der Waals surface area contributed by atoms with Gasteiger partial charge in [-0.1, -0.05) is 29.8 Å². The molecule has 0 heterocycles. The molecule has 0 aromatic heterocycles. The fraction of sp³-hybridized carbons (Fsp3) is 0.0769. The van der Waals surface area contributed by atoms with Crippen LogP contribution >= 0.6 is 11.6 Å². The van der Waals surface area contributed by atoms with Gasteiger partial charge in [0.05, 0.1) is 4.92 Å². The molecule has 0 bridgehead atoms. The van der Waals surface area contributed by atoms with E-state index in [-0.39, 0.29) is 17.3 Å². The van der Waals surface area contributed by atoms with E-state index in [1.807, 2.05) is 0 Å². The highest BCUT2D eigenvalue weighted by molar-refractivity contribution is 6.30. The van der Waals surface area contributed by atoms with Crippen molar-refractivity contribution in [1.82, 2.24) is 0 Å². The number of para-hydroxylation sites is 1. The molecule has 0 aliphatic carbocycles. The Bertz CT molecular complexity index is 599. The third-order valence-electron chi connectivity index (χ3n) is 2.53. The Labute approximate surface area is 114 Å². The third kappa shape index (κ3) is 3.42. The summed E-state index contributed by atoms with van der Waals surface area (Å²) in [6.07, 6.45) is 0. The SMILES string of the molecule is O=[N+]([O-])c1ccccc1CNc1cc(F)cc(Cl)c1. The number of nitrogens with one attached hydrogen (secondary N) is 1. The molecule has 0 saturated heterocycles. The van der Waals surface area contributed by atoms with Gasteiger partial charge in [0.25, 0.3) is 5.69 Å². The van der Waals surface area contributed by atoms with Gasteiger partial charge in [-0.3, -0.25) is 10.1 Å². The number of hydrogen-bond acceptors (Lipinski definition) is 3. The molecule has 0 fully saturated rings. The van der Waals surface area contributed by atoms with Crippen LogP contribution < -0.4 is 5.32 Å². The van der Waals surface area contributed by atoms with E-state index in [9.17, 15) is 14.5 Å². The van der Waals surface area contributed by atoms with Crippen LogP contribution in [0.15, 0.2) is 42.5 Å². The summed E-state index contributed by atoms with van der Waals surface area (Å²) < 4.78 is 13.1. The first-order chi connectivity index (χ1) is 9.06. The Morgan fingerprint density at radius 1 is 1.26 bits per heavy atom. The van der Waals surface area contributed by atoms with Crippen molar-refractivity contribution in [2.45, 2.75) is 6.54 Å². The molecule has 0 spiro atoms. The highest BCUT2D eigenvalue weighted by atomic mass is 35.5. The number of halogens is 2. The van der Waals surface area contributed by atoms with Crippen molar-refractivity contribution >= 4 is 23.0 Å². The van der Waals surface area contributed by atoms with Crippen LogP contribution in [-0.4, -0.2) is 4.92 Å². The van der Waals surface area contributed by atoms with Crippen LogP contribution in [0, 0.1) is 15.9 Å². The maximum atomic E-state index is 13.1. The lowest BCUT2D eigenvalue weighted by molar-refractivity contribution is -0.385. The number of rotatable bonds is 4. The molecule has 19 heavy (non-hydrogen) atoms. The molecule has 6 heteroatoms. The second-order valence-electron chi connectivity index (χ2n) is 3.90. The minimum Gasteiger partial charge on any atom is -0.381 e. The van der Waals surface area contributed by atoms with Crippen molar-refractivity contribution in [3.63, 3.8) is 0 Å². The molecular weight excluding hydrogens is 271 g/mol. The van der Waals surface area contributed by atoms with Crippen LogP contribution in [0.4, 0.5) is 15.8 Å². The van der Waals surface area contributed by atoms with Crippen molar-refractivity contribution in [3.05, 3.63) is 69.0 Å². The van der Waals surface area contributed by atoms with Crippen molar-refractivity contribution in [1.29, 1.82) is 0 Å². The molecule has 0 aliphatic rings. The molecule has 2 aromatic carbocycles. The zero-order valence-corrected chi connectivity index (χ0v) is 10.5. The summed E-state index contributed by atoms with van der Waals surface area (Å²) in [7, 11) is 0. The summed E-state index contributed by atoms with van der Waals surface area (Å²) in [6, 6.07) is 10.4. The van der Waals surface area contributed by atoms with Crippen molar-refractivity contribution in [2.24, 2.45) is 0 Å². The molecule has 0 radical (unpaired) electrons. The minimum absolute atomic E-state index is 0.0255. The Morgan fingerprint density at radius 2 is 2.00 bits per heavy atom. The van der Waals surface area contributed by atoms with Gasteiger partial charge in [-0.15, -0.1) is 0 Å². The smallest absolute Gasteiger partial charge is 0.274 e. The van der Waals surface area contributed by atoms with Crippen molar-refractivity contribution in [2.75, 3.05) is 5.32 Å². The first kappa shape index (κ1) is 13.3. The van der Waals surface area contributed by atoms with E-state index >= 15 is 0 Å². The van der Waals surface area contributed by atoms with Gasteiger partial charge in [0.15, 0.2) is 0 Å². The second-order valence-corrected chi connectivity index (χ2v) is 4.33. The number of anilines is 1. The average molecular weight is 281 g/mol. The number of benzene rings is 2. The zero-order valence-electron chi connectivity index (χ0n) is 9.77. The highest BCUT2D eigenvalue weighted by Gasteiger charge is 2.11. The summed E-state index contributed by atoms with van der Waals surface area (Å²) in [6.45, 7) is 0.219. The minimum atomic E-state index is -0.461. The lowest BCUT2D eigenvalue weighted by Crippen LogP contribution is -2.03. The van der Waals surface area contributed by atoms with Crippen LogP contribution in [0.25, 0.3) is 0 Å². The van der Waals surface area contributed by atoms with Crippen LogP contribution in [0.2, 0.25) is 5.02 Å². The zero-order chi connectivity index (χ0) is 13.8. The average Bonchev–Trinajstić information content (AvgIpc) is 2.35. The van der Waals surface area contributed by atoms with Gasteiger partial charge in [0, 0.05) is 28.9 Å². The summed E-state index contributed by atoms with van der Waals surface area (Å²) in [4.78, 5) is 10.4. The molecule has 0 unspecified atom stereocenters. The summed E-state index contributed by atoms with van der Waals surface area (Å²) in [5, 5.41) is 14.0. The van der Waals surface area contributed by atoms with E-state index in [1.54, 1.807) is 24.3 Å². The van der Waals surface area contributed by atoms with Crippen LogP contribution in [0.1, 0.15) is 5.56 Å². The largest absolute Gasteiger partial charge is 0.381 e. The first-order valence-corrected chi connectivity index (χ1v) is 5.86. The molecule has 2 rings (SSSR count). The second kappa shape index (κ2) is 5.67. The molecular formula is C13H10ClFN2O2. The fourth-order valence-corrected chi connectivity index (χ4v) is 1.91. The van der Waals surface area contributed by atoms with E-state index in [2.05, 4.69) is 5.32 Å². The van der Waals surface area contributed by atoms with Gasteiger partial charge in [0.2, 0.25) is 0 Å². The van der Waals surface area contributed by atoms with Gasteiger partial charge in [0.1, 0.15) is 5.82 Å². The van der Waals surface area contributed by atoms with E-state index < -0.39 is 10.7 Å². The molecule has 1 N–H and O–H groups in total. The molecule has 0 atom stereocenters. The topological polar surface area (TPSA) is 55.2 Å². The van der Waals surface area contributed by atoms with Crippen molar-refractivity contribution < 1.29 is 9.31 Å². The van der Waals surface area contributed by atoms with E-state index in [1.165, 1.54) is 18.2 Å². The molecule has 4 nitrogen and oxygen atoms in total. The molecule has 0 amide bonds. The Balaban J connectivity index is 2.16. The lowest BCUT2D eigenvalue weighted by Gasteiger charge is -2.07. The summed E-state index contributed by atoms with van der Waals surface area (Å²) in [5.74, 6) is -0.461. The van der Waals surface area contributed by atoms with Gasteiger partial charge in [-0.25, -0.2) is 4.39 Å². The van der Waals surface area contributed by atoms with Crippen LogP contribution in [0.3, 0.4) is 0 Å². The predicted octanol–water partition coefficient (Wildman–Crippen LogP) is 4.00. The maximum Gasteiger partial charge on any atom is 0.274 e. The molecule has 0 aliphatic heterocycles. The van der Waals surface area contributed by atoms with E-state index in [0.717, 1.165) is 0 Å². The van der Waals surface area contributed by atoms with E-state index in [0.29, 0.717) is 11.3 Å². The molecule has 2 aromatic rings. The van der Waals surface area contributed by atoms with Crippen LogP contribution in [-0.2, 0) is 6.54 Å². The fourth-order valence-electron chi connectivity index (χ4n) is 1.69. The quantitative estimate of drug-likeness (QED) is 0.680. The van der Waals surface area contributed by atoms with E-state index in [4.69, 9.17) is 11.6 Å². The van der Waals surface area contributed by atoms with Gasteiger partial charge in [-0.05, 0) is 18.2 Å². The highest BCUT2D eigenvalue weighted by Crippen LogP contribution is 2.21. The number of nitrogens with zero attached hydrogens (tertiary/aromatic N) is 1. The molecule has 0 saturated carbocycles. The Hall–Kier alpha value is -2.14. The van der Waals surface area contributed by atoms with Gasteiger partial charge >= 0.3 is 0 Å². The number of nitro groups is 1. The Kier molecular flexibility index (Phi) is 3.97. The number of nitro benzene ring substituents is 1. The van der Waals surface area contributed by atoms with Crippen molar-refractivity contribution in [3.8, 4) is 0 Å². The third-order valence-corrected chi connectivity index (χ3v) is 2.75.